The van der Waals surface area contributed by atoms with Crippen molar-refractivity contribution in [2.24, 2.45) is 5.92 Å². The molecule has 0 aliphatic carbocycles. The molecule has 1 amide bonds. The summed E-state index contributed by atoms with van der Waals surface area (Å²) in [6.45, 7) is 1.60. The number of carbonyl (C=O) groups is 2. The molecular weight excluding hydrogens is 232 g/mol. The Kier molecular flexibility index (Phi) is 3.62. The molecule has 0 radical (unpaired) electrons. The van der Waals surface area contributed by atoms with Crippen molar-refractivity contribution in [1.82, 2.24) is 5.32 Å². The maximum atomic E-state index is 12.1. The molecular formula is C13H16N2O3. The van der Waals surface area contributed by atoms with Crippen LogP contribution in [0.3, 0.4) is 0 Å². The summed E-state index contributed by atoms with van der Waals surface area (Å²) in [5.41, 5.74) is 0.944. The SMILES string of the molecule is CN(C(=O)C1CCNC1)c1ccc(C(=O)O)cc1. The molecule has 18 heavy (non-hydrogen) atoms. The van der Waals surface area contributed by atoms with Crippen molar-refractivity contribution in [3.05, 3.63) is 29.8 Å². The molecule has 1 aromatic rings. The highest BCUT2D eigenvalue weighted by Crippen LogP contribution is 2.18. The minimum Gasteiger partial charge on any atom is -0.478 e. The van der Waals surface area contributed by atoms with Crippen molar-refractivity contribution in [2.75, 3.05) is 25.0 Å². The van der Waals surface area contributed by atoms with Gasteiger partial charge in [0.15, 0.2) is 0 Å². The molecule has 5 nitrogen and oxygen atoms in total. The molecule has 1 aromatic carbocycles. The van der Waals surface area contributed by atoms with Gasteiger partial charge in [0.1, 0.15) is 0 Å². The fourth-order valence-electron chi connectivity index (χ4n) is 2.09. The summed E-state index contributed by atoms with van der Waals surface area (Å²) in [7, 11) is 1.72. The molecule has 0 spiro atoms. The van der Waals surface area contributed by atoms with Crippen molar-refractivity contribution in [3.8, 4) is 0 Å². The second-order valence-electron chi connectivity index (χ2n) is 4.44. The highest BCUT2D eigenvalue weighted by Gasteiger charge is 2.25. The summed E-state index contributed by atoms with van der Waals surface area (Å²) in [5.74, 6) is -0.868. The van der Waals surface area contributed by atoms with Gasteiger partial charge in [0.2, 0.25) is 5.91 Å². The van der Waals surface area contributed by atoms with Crippen LogP contribution in [0.15, 0.2) is 24.3 Å². The van der Waals surface area contributed by atoms with Crippen LogP contribution in [-0.2, 0) is 4.79 Å². The minimum absolute atomic E-state index is 0.0224. The van der Waals surface area contributed by atoms with Crippen LogP contribution in [0.1, 0.15) is 16.8 Å². The van der Waals surface area contributed by atoms with Gasteiger partial charge in [-0.3, -0.25) is 4.79 Å². The average Bonchev–Trinajstić information content (AvgIpc) is 2.91. The maximum absolute atomic E-state index is 12.1. The lowest BCUT2D eigenvalue weighted by atomic mass is 10.1. The third-order valence-electron chi connectivity index (χ3n) is 3.24. The van der Waals surface area contributed by atoms with Crippen LogP contribution >= 0.6 is 0 Å². The predicted octanol–water partition coefficient (Wildman–Crippen LogP) is 0.957. The van der Waals surface area contributed by atoms with Gasteiger partial charge >= 0.3 is 5.97 Å². The molecule has 5 heteroatoms. The van der Waals surface area contributed by atoms with Crippen molar-refractivity contribution in [1.29, 1.82) is 0 Å². The Labute approximate surface area is 105 Å². The van der Waals surface area contributed by atoms with Gasteiger partial charge in [-0.1, -0.05) is 0 Å². The molecule has 1 saturated heterocycles. The Bertz CT molecular complexity index is 450. The van der Waals surface area contributed by atoms with E-state index in [2.05, 4.69) is 5.32 Å². The van der Waals surface area contributed by atoms with Gasteiger partial charge in [-0.05, 0) is 37.2 Å². The van der Waals surface area contributed by atoms with Crippen LogP contribution in [-0.4, -0.2) is 37.1 Å². The highest BCUT2D eigenvalue weighted by molar-refractivity contribution is 5.95. The van der Waals surface area contributed by atoms with Crippen LogP contribution in [0.4, 0.5) is 5.69 Å². The van der Waals surface area contributed by atoms with E-state index in [1.165, 1.54) is 12.1 Å². The fourth-order valence-corrected chi connectivity index (χ4v) is 2.09. The first-order valence-electron chi connectivity index (χ1n) is 5.91. The normalized spacial score (nSPS) is 18.6. The van der Waals surface area contributed by atoms with Gasteiger partial charge in [-0.2, -0.15) is 0 Å². The molecule has 0 saturated carbocycles. The van der Waals surface area contributed by atoms with Crippen LogP contribution in [0.2, 0.25) is 0 Å². The highest BCUT2D eigenvalue weighted by atomic mass is 16.4. The van der Waals surface area contributed by atoms with E-state index in [0.29, 0.717) is 0 Å². The first kappa shape index (κ1) is 12.6. The number of nitrogens with one attached hydrogen (secondary N) is 1. The Morgan fingerprint density at radius 2 is 2.00 bits per heavy atom. The number of benzene rings is 1. The van der Waals surface area contributed by atoms with Crippen molar-refractivity contribution in [2.45, 2.75) is 6.42 Å². The molecule has 1 heterocycles. The zero-order valence-corrected chi connectivity index (χ0v) is 10.2. The molecule has 2 rings (SSSR count). The van der Waals surface area contributed by atoms with Gasteiger partial charge in [0, 0.05) is 19.3 Å². The summed E-state index contributed by atoms with van der Waals surface area (Å²) in [4.78, 5) is 24.5. The van der Waals surface area contributed by atoms with E-state index >= 15 is 0 Å². The third kappa shape index (κ3) is 2.51. The van der Waals surface area contributed by atoms with Crippen molar-refractivity contribution >= 4 is 17.6 Å². The largest absolute Gasteiger partial charge is 0.478 e. The van der Waals surface area contributed by atoms with Gasteiger partial charge in [-0.25, -0.2) is 4.79 Å². The van der Waals surface area contributed by atoms with E-state index in [-0.39, 0.29) is 17.4 Å². The molecule has 0 bridgehead atoms. The van der Waals surface area contributed by atoms with Crippen LogP contribution in [0.5, 0.6) is 0 Å². The standard InChI is InChI=1S/C13H16N2O3/c1-15(12(16)10-6-7-14-8-10)11-4-2-9(3-5-11)13(17)18/h2-5,10,14H,6-8H2,1H3,(H,17,18). The van der Waals surface area contributed by atoms with Crippen LogP contribution < -0.4 is 10.2 Å². The smallest absolute Gasteiger partial charge is 0.335 e. The van der Waals surface area contributed by atoms with Crippen LogP contribution in [0, 0.1) is 5.92 Å². The van der Waals surface area contributed by atoms with E-state index in [0.717, 1.165) is 25.2 Å². The summed E-state index contributed by atoms with van der Waals surface area (Å²) in [6.07, 6.45) is 0.858. The number of anilines is 1. The van der Waals surface area contributed by atoms with E-state index in [9.17, 15) is 9.59 Å². The lowest BCUT2D eigenvalue weighted by molar-refractivity contribution is -0.121. The summed E-state index contributed by atoms with van der Waals surface area (Å²) in [5, 5.41) is 12.0. The topological polar surface area (TPSA) is 69.6 Å². The predicted molar refractivity (Wildman–Crippen MR) is 67.8 cm³/mol. The molecule has 96 valence electrons. The second-order valence-corrected chi connectivity index (χ2v) is 4.44. The second kappa shape index (κ2) is 5.18. The monoisotopic (exact) mass is 248 g/mol. The minimum atomic E-state index is -0.962. The average molecular weight is 248 g/mol. The third-order valence-corrected chi connectivity index (χ3v) is 3.24. The van der Waals surface area contributed by atoms with Gasteiger partial charge in [0.25, 0.3) is 0 Å². The van der Waals surface area contributed by atoms with Crippen molar-refractivity contribution in [3.63, 3.8) is 0 Å². The zero-order chi connectivity index (χ0) is 13.1. The number of carboxylic acid groups (broad SMARTS) is 1. The number of rotatable bonds is 3. The molecule has 1 aliphatic heterocycles. The number of nitrogens with zero attached hydrogens (tertiary/aromatic N) is 1. The molecule has 1 fully saturated rings. The number of carboxylic acids is 1. The Balaban J connectivity index is 2.10. The maximum Gasteiger partial charge on any atom is 0.335 e. The summed E-state index contributed by atoms with van der Waals surface area (Å²) in [6, 6.07) is 6.33. The molecule has 1 unspecified atom stereocenters. The molecule has 1 aliphatic rings. The van der Waals surface area contributed by atoms with E-state index in [1.807, 2.05) is 0 Å². The molecule has 2 N–H and O–H groups in total. The Morgan fingerprint density at radius 1 is 1.33 bits per heavy atom. The van der Waals surface area contributed by atoms with Crippen LogP contribution in [0.25, 0.3) is 0 Å². The summed E-state index contributed by atoms with van der Waals surface area (Å²) >= 11 is 0. The lowest BCUT2D eigenvalue weighted by Gasteiger charge is -2.20. The van der Waals surface area contributed by atoms with E-state index in [1.54, 1.807) is 24.1 Å². The number of amides is 1. The summed E-state index contributed by atoms with van der Waals surface area (Å²) < 4.78 is 0. The van der Waals surface area contributed by atoms with Gasteiger partial charge < -0.3 is 15.3 Å². The number of carbonyl (C=O) groups excluding carboxylic acids is 1. The van der Waals surface area contributed by atoms with E-state index in [4.69, 9.17) is 5.11 Å². The number of hydrogen-bond donors (Lipinski definition) is 2. The zero-order valence-electron chi connectivity index (χ0n) is 10.2. The first-order valence-corrected chi connectivity index (χ1v) is 5.91. The quantitative estimate of drug-likeness (QED) is 0.835. The van der Waals surface area contributed by atoms with E-state index < -0.39 is 5.97 Å². The lowest BCUT2D eigenvalue weighted by Crippen LogP contribution is -2.33. The number of aromatic carboxylic acids is 1. The number of hydrogen-bond acceptors (Lipinski definition) is 3. The van der Waals surface area contributed by atoms with Crippen molar-refractivity contribution < 1.29 is 14.7 Å². The fraction of sp³-hybridized carbons (Fsp3) is 0.385. The van der Waals surface area contributed by atoms with Gasteiger partial charge in [-0.15, -0.1) is 0 Å². The first-order chi connectivity index (χ1) is 8.59. The Hall–Kier alpha value is -1.88. The molecule has 0 aromatic heterocycles. The van der Waals surface area contributed by atoms with Gasteiger partial charge in [0.05, 0.1) is 11.5 Å². The molecule has 1 atom stereocenters. The Morgan fingerprint density at radius 3 is 2.50 bits per heavy atom.